The molecule has 0 aromatic heterocycles. The molecule has 2 aromatic rings. The lowest BCUT2D eigenvalue weighted by molar-refractivity contribution is -0.384. The second-order valence-corrected chi connectivity index (χ2v) is 5.45. The van der Waals surface area contributed by atoms with Crippen LogP contribution in [0.4, 0.5) is 11.4 Å². The van der Waals surface area contributed by atoms with E-state index < -0.39 is 4.92 Å². The zero-order chi connectivity index (χ0) is 18.9. The zero-order valence-electron chi connectivity index (χ0n) is 14.1. The van der Waals surface area contributed by atoms with E-state index >= 15 is 0 Å². The van der Waals surface area contributed by atoms with Crippen LogP contribution in [0.1, 0.15) is 25.3 Å². The van der Waals surface area contributed by atoms with Crippen LogP contribution in [0.15, 0.2) is 59.7 Å². The molecule has 0 bridgehead atoms. The van der Waals surface area contributed by atoms with Crippen molar-refractivity contribution >= 4 is 28.9 Å². The van der Waals surface area contributed by atoms with Crippen LogP contribution in [-0.2, 0) is 9.59 Å². The number of non-ortho nitro benzene ring substituents is 1. The summed E-state index contributed by atoms with van der Waals surface area (Å²) < 4.78 is 0. The molecule has 0 heterocycles. The molecule has 0 saturated heterocycles. The first kappa shape index (κ1) is 18.8. The van der Waals surface area contributed by atoms with Gasteiger partial charge in [-0.25, -0.2) is 5.43 Å². The molecular formula is C18H18N4O4. The highest BCUT2D eigenvalue weighted by molar-refractivity contribution is 5.99. The van der Waals surface area contributed by atoms with E-state index in [0.29, 0.717) is 11.4 Å². The Hall–Kier alpha value is -3.55. The molecule has 2 N–H and O–H groups in total. The number of nitrogens with one attached hydrogen (secondary N) is 2. The van der Waals surface area contributed by atoms with E-state index in [2.05, 4.69) is 15.8 Å². The molecule has 2 aromatic carbocycles. The maximum absolute atomic E-state index is 11.8. The molecular weight excluding hydrogens is 336 g/mol. The largest absolute Gasteiger partial charge is 0.326 e. The van der Waals surface area contributed by atoms with Gasteiger partial charge in [-0.3, -0.25) is 19.7 Å². The van der Waals surface area contributed by atoms with Gasteiger partial charge < -0.3 is 5.32 Å². The highest BCUT2D eigenvalue weighted by Gasteiger charge is 2.09. The molecule has 0 saturated carbocycles. The standard InChI is InChI=1S/C18H18N4O4/c1-13(14-5-3-2-4-6-14)20-21-18(24)12-11-17(23)19-15-7-9-16(10-8-15)22(25)26/h2-10H,11-12H2,1H3,(H,19,23)(H,21,24)/b20-13-. The maximum Gasteiger partial charge on any atom is 0.269 e. The second kappa shape index (κ2) is 9.07. The Bertz CT molecular complexity index is 817. The quantitative estimate of drug-likeness (QED) is 0.452. The van der Waals surface area contributed by atoms with Crippen molar-refractivity contribution in [2.45, 2.75) is 19.8 Å². The number of hydrogen-bond donors (Lipinski definition) is 2. The van der Waals surface area contributed by atoms with Gasteiger partial charge in [0.1, 0.15) is 0 Å². The zero-order valence-corrected chi connectivity index (χ0v) is 14.1. The summed E-state index contributed by atoms with van der Waals surface area (Å²) in [5.74, 6) is -0.739. The maximum atomic E-state index is 11.8. The van der Waals surface area contributed by atoms with E-state index in [1.54, 1.807) is 6.92 Å². The van der Waals surface area contributed by atoms with Gasteiger partial charge in [-0.2, -0.15) is 5.10 Å². The monoisotopic (exact) mass is 354 g/mol. The van der Waals surface area contributed by atoms with Gasteiger partial charge in [0, 0.05) is 30.7 Å². The molecule has 2 amide bonds. The van der Waals surface area contributed by atoms with Crippen molar-refractivity contribution in [3.05, 3.63) is 70.3 Å². The number of nitrogens with zero attached hydrogens (tertiary/aromatic N) is 2. The van der Waals surface area contributed by atoms with E-state index in [1.165, 1.54) is 24.3 Å². The van der Waals surface area contributed by atoms with Gasteiger partial charge in [0.25, 0.3) is 5.69 Å². The van der Waals surface area contributed by atoms with Crippen LogP contribution >= 0.6 is 0 Å². The van der Waals surface area contributed by atoms with Gasteiger partial charge in [0.2, 0.25) is 11.8 Å². The van der Waals surface area contributed by atoms with Crippen LogP contribution < -0.4 is 10.7 Å². The Labute approximate surface area is 150 Å². The van der Waals surface area contributed by atoms with E-state index in [0.717, 1.165) is 5.56 Å². The highest BCUT2D eigenvalue weighted by Crippen LogP contribution is 2.15. The van der Waals surface area contributed by atoms with E-state index in [4.69, 9.17) is 0 Å². The molecule has 0 aliphatic carbocycles. The molecule has 8 heteroatoms. The summed E-state index contributed by atoms with van der Waals surface area (Å²) >= 11 is 0. The summed E-state index contributed by atoms with van der Waals surface area (Å²) in [6.45, 7) is 1.77. The smallest absolute Gasteiger partial charge is 0.269 e. The fourth-order valence-electron chi connectivity index (χ4n) is 2.06. The highest BCUT2D eigenvalue weighted by atomic mass is 16.6. The van der Waals surface area contributed by atoms with Gasteiger partial charge in [0.05, 0.1) is 10.6 Å². The summed E-state index contributed by atoms with van der Waals surface area (Å²) in [5, 5.41) is 17.2. The van der Waals surface area contributed by atoms with Gasteiger partial charge in [0.15, 0.2) is 0 Å². The van der Waals surface area contributed by atoms with E-state index in [9.17, 15) is 19.7 Å². The van der Waals surface area contributed by atoms with Gasteiger partial charge >= 0.3 is 0 Å². The lowest BCUT2D eigenvalue weighted by Crippen LogP contribution is -2.21. The van der Waals surface area contributed by atoms with Crippen LogP contribution in [0.3, 0.4) is 0 Å². The van der Waals surface area contributed by atoms with Crippen LogP contribution in [0.25, 0.3) is 0 Å². The summed E-state index contributed by atoms with van der Waals surface area (Å²) in [5.41, 5.74) is 4.34. The summed E-state index contributed by atoms with van der Waals surface area (Å²) in [4.78, 5) is 33.7. The average Bonchev–Trinajstić information content (AvgIpc) is 2.65. The third-order valence-corrected chi connectivity index (χ3v) is 3.48. The third-order valence-electron chi connectivity index (χ3n) is 3.48. The van der Waals surface area contributed by atoms with Crippen molar-refractivity contribution in [2.75, 3.05) is 5.32 Å². The number of rotatable bonds is 7. The minimum atomic E-state index is -0.520. The lowest BCUT2D eigenvalue weighted by Gasteiger charge is -2.05. The minimum absolute atomic E-state index is 0.0234. The SMILES string of the molecule is C/C(=N/NC(=O)CCC(=O)Nc1ccc([N+](=O)[O-])cc1)c1ccccc1. The number of amides is 2. The van der Waals surface area contributed by atoms with Crippen molar-refractivity contribution in [3.63, 3.8) is 0 Å². The van der Waals surface area contributed by atoms with Crippen molar-refractivity contribution < 1.29 is 14.5 Å². The molecule has 134 valence electrons. The minimum Gasteiger partial charge on any atom is -0.326 e. The van der Waals surface area contributed by atoms with E-state index in [-0.39, 0.29) is 30.3 Å². The molecule has 0 spiro atoms. The lowest BCUT2D eigenvalue weighted by atomic mass is 10.1. The fourth-order valence-corrected chi connectivity index (χ4v) is 2.06. The summed E-state index contributed by atoms with van der Waals surface area (Å²) in [6, 6.07) is 14.8. The number of benzene rings is 2. The molecule has 0 unspecified atom stereocenters. The second-order valence-electron chi connectivity index (χ2n) is 5.45. The molecule has 26 heavy (non-hydrogen) atoms. The number of nitro benzene ring substituents is 1. The number of anilines is 1. The molecule has 0 aliphatic heterocycles. The number of nitro groups is 1. The molecule has 0 aliphatic rings. The van der Waals surface area contributed by atoms with Gasteiger partial charge in [-0.05, 0) is 24.6 Å². The first-order chi connectivity index (χ1) is 12.5. The van der Waals surface area contributed by atoms with Crippen LogP contribution in [0.5, 0.6) is 0 Å². The molecule has 0 fully saturated rings. The predicted molar refractivity (Wildman–Crippen MR) is 97.8 cm³/mol. The molecule has 0 radical (unpaired) electrons. The first-order valence-electron chi connectivity index (χ1n) is 7.88. The Morgan fingerprint density at radius 2 is 1.62 bits per heavy atom. The number of hydrazone groups is 1. The summed E-state index contributed by atoms with van der Waals surface area (Å²) in [6.07, 6.45) is -0.0485. The van der Waals surface area contributed by atoms with Crippen molar-refractivity contribution in [1.29, 1.82) is 0 Å². The first-order valence-corrected chi connectivity index (χ1v) is 7.88. The summed E-state index contributed by atoms with van der Waals surface area (Å²) in [7, 11) is 0. The van der Waals surface area contributed by atoms with E-state index in [1.807, 2.05) is 30.3 Å². The number of carbonyl (C=O) groups excluding carboxylic acids is 2. The topological polar surface area (TPSA) is 114 Å². The predicted octanol–water partition coefficient (Wildman–Crippen LogP) is 2.85. The fraction of sp³-hybridized carbons (Fsp3) is 0.167. The molecule has 8 nitrogen and oxygen atoms in total. The van der Waals surface area contributed by atoms with Crippen LogP contribution in [0.2, 0.25) is 0 Å². The van der Waals surface area contributed by atoms with Crippen LogP contribution in [0, 0.1) is 10.1 Å². The Morgan fingerprint density at radius 3 is 2.23 bits per heavy atom. The van der Waals surface area contributed by atoms with Crippen LogP contribution in [-0.4, -0.2) is 22.4 Å². The average molecular weight is 354 g/mol. The Kier molecular flexibility index (Phi) is 6.55. The molecule has 2 rings (SSSR count). The van der Waals surface area contributed by atoms with Crippen molar-refractivity contribution in [3.8, 4) is 0 Å². The van der Waals surface area contributed by atoms with Crippen molar-refractivity contribution in [2.24, 2.45) is 5.10 Å². The van der Waals surface area contributed by atoms with Gasteiger partial charge in [-0.1, -0.05) is 30.3 Å². The Balaban J connectivity index is 1.78. The Morgan fingerprint density at radius 1 is 1.00 bits per heavy atom. The third kappa shape index (κ3) is 5.82. The normalized spacial score (nSPS) is 10.9. The number of carbonyl (C=O) groups is 2. The van der Waals surface area contributed by atoms with Gasteiger partial charge in [-0.15, -0.1) is 0 Å². The number of hydrogen-bond acceptors (Lipinski definition) is 5. The molecule has 0 atom stereocenters. The van der Waals surface area contributed by atoms with Crippen molar-refractivity contribution in [1.82, 2.24) is 5.43 Å².